The number of benzene rings is 1. The van der Waals surface area contributed by atoms with Gasteiger partial charge < -0.3 is 20.4 Å². The topological polar surface area (TPSA) is 60.0 Å². The quantitative estimate of drug-likeness (QED) is 0.557. The molecule has 6 nitrogen and oxygen atoms in total. The molecule has 1 saturated carbocycles. The van der Waals surface area contributed by atoms with E-state index in [0.717, 1.165) is 37.0 Å². The van der Waals surface area contributed by atoms with Gasteiger partial charge in [0, 0.05) is 39.8 Å². The first-order chi connectivity index (χ1) is 13.6. The fourth-order valence-corrected chi connectivity index (χ4v) is 4.09. The van der Waals surface area contributed by atoms with Crippen LogP contribution in [0.3, 0.4) is 0 Å². The van der Waals surface area contributed by atoms with Gasteiger partial charge in [-0.1, -0.05) is 43.2 Å². The number of hydrogen-bond donors (Lipinski definition) is 2. The first-order valence-corrected chi connectivity index (χ1v) is 10.6. The van der Waals surface area contributed by atoms with Crippen molar-refractivity contribution in [2.75, 3.05) is 40.3 Å². The highest BCUT2D eigenvalue weighted by Gasteiger charge is 2.26. The van der Waals surface area contributed by atoms with Crippen molar-refractivity contribution in [2.24, 2.45) is 10.9 Å². The second-order valence-electron chi connectivity index (χ2n) is 8.33. The van der Waals surface area contributed by atoms with Crippen LogP contribution in [0, 0.1) is 5.92 Å². The van der Waals surface area contributed by atoms with E-state index in [2.05, 4.69) is 27.7 Å². The molecular weight excluding hydrogens is 350 g/mol. The van der Waals surface area contributed by atoms with Gasteiger partial charge in [0.25, 0.3) is 0 Å². The number of nitrogens with zero attached hydrogens (tertiary/aromatic N) is 3. The summed E-state index contributed by atoms with van der Waals surface area (Å²) in [7, 11) is 3.55. The molecule has 1 aliphatic carbocycles. The maximum absolute atomic E-state index is 12.0. The van der Waals surface area contributed by atoms with Gasteiger partial charge in [-0.05, 0) is 30.7 Å². The summed E-state index contributed by atoms with van der Waals surface area (Å²) in [5.41, 5.74) is 1.16. The number of carbonyl (C=O) groups is 1. The molecule has 1 atom stereocenters. The second kappa shape index (κ2) is 10.5. The van der Waals surface area contributed by atoms with Gasteiger partial charge >= 0.3 is 0 Å². The number of likely N-dealkylation sites (tertiary alicyclic amines) is 1. The van der Waals surface area contributed by atoms with Gasteiger partial charge in [-0.3, -0.25) is 4.79 Å². The highest BCUT2D eigenvalue weighted by atomic mass is 16.2. The molecule has 2 aliphatic rings. The SMILES string of the molecule is CN(C)C(=O)CNC(=NCc1ccccc1)NC1CCN(CC2CCCC2)C1. The van der Waals surface area contributed by atoms with Crippen molar-refractivity contribution in [1.82, 2.24) is 20.4 Å². The van der Waals surface area contributed by atoms with Crippen LogP contribution in [0.1, 0.15) is 37.7 Å². The molecule has 1 amide bonds. The maximum Gasteiger partial charge on any atom is 0.241 e. The number of guanidine groups is 1. The Morgan fingerprint density at radius 3 is 2.64 bits per heavy atom. The largest absolute Gasteiger partial charge is 0.352 e. The third-order valence-electron chi connectivity index (χ3n) is 5.77. The van der Waals surface area contributed by atoms with E-state index in [1.54, 1.807) is 19.0 Å². The predicted octanol–water partition coefficient (Wildman–Crippen LogP) is 2.07. The molecule has 1 aliphatic heterocycles. The number of carbonyl (C=O) groups excluding carboxylic acids is 1. The summed E-state index contributed by atoms with van der Waals surface area (Å²) in [6.07, 6.45) is 6.72. The number of rotatable bonds is 7. The molecule has 1 aromatic rings. The van der Waals surface area contributed by atoms with Crippen LogP contribution in [0.4, 0.5) is 0 Å². The molecule has 1 heterocycles. The Hall–Kier alpha value is -2.08. The Morgan fingerprint density at radius 1 is 1.18 bits per heavy atom. The van der Waals surface area contributed by atoms with Crippen molar-refractivity contribution in [2.45, 2.75) is 44.7 Å². The van der Waals surface area contributed by atoms with E-state index >= 15 is 0 Å². The molecule has 0 aromatic heterocycles. The highest BCUT2D eigenvalue weighted by molar-refractivity contribution is 5.86. The second-order valence-corrected chi connectivity index (χ2v) is 8.33. The summed E-state index contributed by atoms with van der Waals surface area (Å²) < 4.78 is 0. The molecule has 2 N–H and O–H groups in total. The minimum atomic E-state index is 0.0449. The lowest BCUT2D eigenvalue weighted by Gasteiger charge is -2.21. The van der Waals surface area contributed by atoms with Crippen LogP contribution in [0.15, 0.2) is 35.3 Å². The zero-order valence-electron chi connectivity index (χ0n) is 17.4. The minimum Gasteiger partial charge on any atom is -0.352 e. The Morgan fingerprint density at radius 2 is 1.93 bits per heavy atom. The van der Waals surface area contributed by atoms with E-state index in [9.17, 15) is 4.79 Å². The van der Waals surface area contributed by atoms with E-state index in [1.165, 1.54) is 32.2 Å². The molecule has 0 spiro atoms. The van der Waals surface area contributed by atoms with Crippen LogP contribution in [-0.4, -0.2) is 68.0 Å². The molecule has 0 bridgehead atoms. The molecule has 3 rings (SSSR count). The predicted molar refractivity (Wildman–Crippen MR) is 114 cm³/mol. The molecule has 1 aromatic carbocycles. The number of aliphatic imine (C=N–C) groups is 1. The first kappa shape index (κ1) is 20.6. The summed E-state index contributed by atoms with van der Waals surface area (Å²) in [4.78, 5) is 20.9. The third kappa shape index (κ3) is 6.51. The molecule has 0 radical (unpaired) electrons. The Balaban J connectivity index is 1.54. The van der Waals surface area contributed by atoms with Gasteiger partial charge in [-0.25, -0.2) is 4.99 Å². The lowest BCUT2D eigenvalue weighted by Crippen LogP contribution is -2.47. The lowest BCUT2D eigenvalue weighted by atomic mass is 10.1. The highest BCUT2D eigenvalue weighted by Crippen LogP contribution is 2.26. The molecule has 1 unspecified atom stereocenters. The summed E-state index contributed by atoms with van der Waals surface area (Å²) in [5.74, 6) is 1.66. The van der Waals surface area contributed by atoms with Crippen LogP contribution in [-0.2, 0) is 11.3 Å². The van der Waals surface area contributed by atoms with Crippen LogP contribution in [0.2, 0.25) is 0 Å². The van der Waals surface area contributed by atoms with Crippen molar-refractivity contribution in [3.63, 3.8) is 0 Å². The van der Waals surface area contributed by atoms with Crippen LogP contribution in [0.25, 0.3) is 0 Å². The summed E-state index contributed by atoms with van der Waals surface area (Å²) in [6.45, 7) is 4.30. The van der Waals surface area contributed by atoms with E-state index in [1.807, 2.05) is 18.2 Å². The summed E-state index contributed by atoms with van der Waals surface area (Å²) in [5, 5.41) is 6.78. The molecule has 1 saturated heterocycles. The molecular formula is C22H35N5O. The third-order valence-corrected chi connectivity index (χ3v) is 5.77. The minimum absolute atomic E-state index is 0.0449. The van der Waals surface area contributed by atoms with Gasteiger partial charge in [-0.15, -0.1) is 0 Å². The monoisotopic (exact) mass is 385 g/mol. The van der Waals surface area contributed by atoms with Crippen LogP contribution in [0.5, 0.6) is 0 Å². The summed E-state index contributed by atoms with van der Waals surface area (Å²) in [6, 6.07) is 10.6. The Kier molecular flexibility index (Phi) is 7.71. The smallest absolute Gasteiger partial charge is 0.241 e. The fourth-order valence-electron chi connectivity index (χ4n) is 4.09. The van der Waals surface area contributed by atoms with Gasteiger partial charge in [0.15, 0.2) is 5.96 Å². The van der Waals surface area contributed by atoms with E-state index in [-0.39, 0.29) is 12.5 Å². The Labute approximate surface area is 169 Å². The van der Waals surface area contributed by atoms with Gasteiger partial charge in [0.2, 0.25) is 5.91 Å². The number of likely N-dealkylation sites (N-methyl/N-ethyl adjacent to an activating group) is 1. The van der Waals surface area contributed by atoms with Gasteiger partial charge in [0.1, 0.15) is 0 Å². The van der Waals surface area contributed by atoms with Crippen molar-refractivity contribution in [3.05, 3.63) is 35.9 Å². The molecule has 6 heteroatoms. The van der Waals surface area contributed by atoms with E-state index in [0.29, 0.717) is 12.6 Å². The van der Waals surface area contributed by atoms with Crippen LogP contribution >= 0.6 is 0 Å². The zero-order valence-corrected chi connectivity index (χ0v) is 17.4. The average molecular weight is 386 g/mol. The standard InChI is InChI=1S/C22H35N5O/c1-26(2)21(28)15-24-22(23-14-18-8-4-3-5-9-18)25-20-12-13-27(17-20)16-19-10-6-7-11-19/h3-5,8-9,19-20H,6-7,10-17H2,1-2H3,(H2,23,24,25). The van der Waals surface area contributed by atoms with E-state index < -0.39 is 0 Å². The average Bonchev–Trinajstić information content (AvgIpc) is 3.37. The van der Waals surface area contributed by atoms with Crippen molar-refractivity contribution >= 4 is 11.9 Å². The lowest BCUT2D eigenvalue weighted by molar-refractivity contribution is -0.127. The molecule has 2 fully saturated rings. The van der Waals surface area contributed by atoms with E-state index in [4.69, 9.17) is 4.99 Å². The van der Waals surface area contributed by atoms with Gasteiger partial charge in [-0.2, -0.15) is 0 Å². The molecule has 154 valence electrons. The van der Waals surface area contributed by atoms with Crippen LogP contribution < -0.4 is 10.6 Å². The summed E-state index contributed by atoms with van der Waals surface area (Å²) >= 11 is 0. The maximum atomic E-state index is 12.0. The van der Waals surface area contributed by atoms with Gasteiger partial charge in [0.05, 0.1) is 13.1 Å². The van der Waals surface area contributed by atoms with Crippen molar-refractivity contribution in [1.29, 1.82) is 0 Å². The molecule has 28 heavy (non-hydrogen) atoms. The zero-order chi connectivity index (χ0) is 19.8. The first-order valence-electron chi connectivity index (χ1n) is 10.6. The van der Waals surface area contributed by atoms with Crippen molar-refractivity contribution in [3.8, 4) is 0 Å². The number of amides is 1. The fraction of sp³-hybridized carbons (Fsp3) is 0.636. The Bertz CT molecular complexity index is 640. The number of nitrogens with one attached hydrogen (secondary N) is 2. The normalized spacial score (nSPS) is 21.1. The van der Waals surface area contributed by atoms with Crippen molar-refractivity contribution < 1.29 is 4.79 Å². The number of hydrogen-bond acceptors (Lipinski definition) is 3.